The number of aromatic nitrogens is 4. The number of carbonyl (C=O) groups excluding carboxylic acids is 1. The Labute approximate surface area is 160 Å². The van der Waals surface area contributed by atoms with E-state index in [1.807, 2.05) is 30.3 Å². The van der Waals surface area contributed by atoms with E-state index in [0.717, 1.165) is 17.1 Å². The summed E-state index contributed by atoms with van der Waals surface area (Å²) in [7, 11) is 1.60. The molecule has 0 atom stereocenters. The van der Waals surface area contributed by atoms with Gasteiger partial charge in [-0.2, -0.15) is 9.67 Å². The summed E-state index contributed by atoms with van der Waals surface area (Å²) in [5.74, 6) is 1.89. The maximum atomic E-state index is 12.9. The molecule has 4 aromatic rings. The molecule has 3 aromatic heterocycles. The largest absolute Gasteiger partial charge is 0.497 e. The monoisotopic (exact) mass is 375 g/mol. The number of ether oxygens (including phenoxy) is 1. The molecule has 1 N–H and O–H groups in total. The second-order valence-electron chi connectivity index (χ2n) is 5.87. The average Bonchev–Trinajstić information content (AvgIpc) is 3.42. The highest BCUT2D eigenvalue weighted by Crippen LogP contribution is 2.22. The maximum Gasteiger partial charge on any atom is 0.281 e. The molecule has 8 nitrogen and oxygen atoms in total. The zero-order chi connectivity index (χ0) is 19.3. The third kappa shape index (κ3) is 3.61. The van der Waals surface area contributed by atoms with Crippen molar-refractivity contribution in [3.05, 3.63) is 78.5 Å². The molecule has 3 heterocycles. The van der Waals surface area contributed by atoms with Crippen LogP contribution in [0.3, 0.4) is 0 Å². The minimum Gasteiger partial charge on any atom is -0.497 e. The predicted molar refractivity (Wildman–Crippen MR) is 102 cm³/mol. The number of pyridine rings is 1. The summed E-state index contributed by atoms with van der Waals surface area (Å²) in [6, 6.07) is 14.2. The highest BCUT2D eigenvalue weighted by molar-refractivity contribution is 5.96. The lowest BCUT2D eigenvalue weighted by Crippen LogP contribution is -2.17. The highest BCUT2D eigenvalue weighted by Gasteiger charge is 2.19. The normalized spacial score (nSPS) is 10.6. The molecule has 0 spiro atoms. The van der Waals surface area contributed by atoms with Gasteiger partial charge in [-0.15, -0.1) is 5.10 Å². The molecular weight excluding hydrogens is 358 g/mol. The van der Waals surface area contributed by atoms with E-state index in [4.69, 9.17) is 9.15 Å². The quantitative estimate of drug-likeness (QED) is 0.553. The van der Waals surface area contributed by atoms with E-state index in [0.29, 0.717) is 23.9 Å². The summed E-state index contributed by atoms with van der Waals surface area (Å²) in [4.78, 5) is 21.4. The van der Waals surface area contributed by atoms with Gasteiger partial charge in [-0.3, -0.25) is 9.78 Å². The molecular formula is C20H17N5O3. The fraction of sp³-hybridized carbons (Fsp3) is 0.100. The van der Waals surface area contributed by atoms with E-state index in [1.54, 1.807) is 44.0 Å². The van der Waals surface area contributed by atoms with Gasteiger partial charge in [0.05, 0.1) is 19.9 Å². The van der Waals surface area contributed by atoms with Crippen LogP contribution in [0.2, 0.25) is 0 Å². The topological polar surface area (TPSA) is 95.1 Å². The van der Waals surface area contributed by atoms with E-state index in [-0.39, 0.29) is 5.91 Å². The number of benzene rings is 1. The van der Waals surface area contributed by atoms with Gasteiger partial charge in [0.15, 0.2) is 5.82 Å². The van der Waals surface area contributed by atoms with Gasteiger partial charge in [-0.25, -0.2) is 0 Å². The lowest BCUT2D eigenvalue weighted by Gasteiger charge is -2.05. The number of nitrogens with zero attached hydrogens (tertiary/aromatic N) is 4. The molecule has 0 fully saturated rings. The molecule has 0 aliphatic rings. The summed E-state index contributed by atoms with van der Waals surface area (Å²) in [6.45, 7) is 0.372. The van der Waals surface area contributed by atoms with Crippen LogP contribution in [0.25, 0.3) is 11.4 Å². The number of hydrogen-bond donors (Lipinski definition) is 1. The van der Waals surface area contributed by atoms with Crippen LogP contribution >= 0.6 is 0 Å². The zero-order valence-corrected chi connectivity index (χ0v) is 15.1. The molecule has 4 rings (SSSR count). The molecule has 0 bridgehead atoms. The van der Waals surface area contributed by atoms with Crippen molar-refractivity contribution in [2.24, 2.45) is 0 Å². The Kier molecular flexibility index (Phi) is 4.83. The molecule has 0 saturated carbocycles. The van der Waals surface area contributed by atoms with Crippen molar-refractivity contribution in [2.75, 3.05) is 12.4 Å². The smallest absolute Gasteiger partial charge is 0.281 e. The molecule has 0 amide bonds. The molecule has 140 valence electrons. The number of furan rings is 1. The van der Waals surface area contributed by atoms with E-state index in [2.05, 4.69) is 20.4 Å². The first-order chi connectivity index (χ1) is 13.7. The number of anilines is 1. The molecule has 0 radical (unpaired) electrons. The van der Waals surface area contributed by atoms with Crippen molar-refractivity contribution in [3.63, 3.8) is 0 Å². The van der Waals surface area contributed by atoms with Crippen molar-refractivity contribution < 1.29 is 13.9 Å². The van der Waals surface area contributed by atoms with Gasteiger partial charge in [0.2, 0.25) is 5.95 Å². The second-order valence-corrected chi connectivity index (χ2v) is 5.87. The van der Waals surface area contributed by atoms with Crippen LogP contribution in [0, 0.1) is 0 Å². The van der Waals surface area contributed by atoms with Crippen LogP contribution in [-0.2, 0) is 6.54 Å². The Morgan fingerprint density at radius 1 is 1.14 bits per heavy atom. The van der Waals surface area contributed by atoms with Crippen molar-refractivity contribution >= 4 is 11.9 Å². The summed E-state index contributed by atoms with van der Waals surface area (Å²) >= 11 is 0. The van der Waals surface area contributed by atoms with Gasteiger partial charge in [-0.05, 0) is 48.5 Å². The minimum absolute atomic E-state index is 0.309. The molecule has 0 saturated heterocycles. The van der Waals surface area contributed by atoms with Gasteiger partial charge in [0.25, 0.3) is 5.91 Å². The van der Waals surface area contributed by atoms with Crippen molar-refractivity contribution in [1.29, 1.82) is 0 Å². The van der Waals surface area contributed by atoms with Crippen molar-refractivity contribution in [1.82, 2.24) is 19.7 Å². The summed E-state index contributed by atoms with van der Waals surface area (Å²) in [5.41, 5.74) is 1.23. The fourth-order valence-electron chi connectivity index (χ4n) is 2.63. The third-order valence-corrected chi connectivity index (χ3v) is 4.08. The van der Waals surface area contributed by atoms with Crippen molar-refractivity contribution in [3.8, 4) is 17.1 Å². The molecule has 0 aliphatic heterocycles. The van der Waals surface area contributed by atoms with Gasteiger partial charge in [-0.1, -0.05) is 0 Å². The Morgan fingerprint density at radius 3 is 2.61 bits per heavy atom. The van der Waals surface area contributed by atoms with Gasteiger partial charge >= 0.3 is 0 Å². The van der Waals surface area contributed by atoms with E-state index >= 15 is 0 Å². The van der Waals surface area contributed by atoms with Crippen LogP contribution in [-0.4, -0.2) is 32.8 Å². The Hall–Kier alpha value is -3.94. The lowest BCUT2D eigenvalue weighted by molar-refractivity contribution is 0.0947. The number of carbonyl (C=O) groups is 1. The molecule has 1 aromatic carbocycles. The molecule has 0 unspecified atom stereocenters. The summed E-state index contributed by atoms with van der Waals surface area (Å²) in [6.07, 6.45) is 4.71. The average molecular weight is 375 g/mol. The SMILES string of the molecule is COc1ccc(-c2nc(NCc3ccco3)n(C(=O)c3ccncc3)n2)cc1. The summed E-state index contributed by atoms with van der Waals surface area (Å²) in [5, 5.41) is 7.53. The van der Waals surface area contributed by atoms with Crippen LogP contribution < -0.4 is 10.1 Å². The van der Waals surface area contributed by atoms with E-state index < -0.39 is 0 Å². The molecule has 8 heteroatoms. The Bertz CT molecular complexity index is 1060. The van der Waals surface area contributed by atoms with Gasteiger partial charge < -0.3 is 14.5 Å². The van der Waals surface area contributed by atoms with Gasteiger partial charge in [0, 0.05) is 23.5 Å². The van der Waals surface area contributed by atoms with Crippen LogP contribution in [0.5, 0.6) is 5.75 Å². The first-order valence-electron chi connectivity index (χ1n) is 8.57. The standard InChI is InChI=1S/C20H17N5O3/c1-27-16-6-4-14(5-7-16)18-23-20(22-13-17-3-2-12-28-17)25(24-18)19(26)15-8-10-21-11-9-15/h2-12H,13H2,1H3,(H,22,23,24). The first kappa shape index (κ1) is 17.5. The van der Waals surface area contributed by atoms with E-state index in [1.165, 1.54) is 4.68 Å². The zero-order valence-electron chi connectivity index (χ0n) is 15.1. The first-order valence-corrected chi connectivity index (χ1v) is 8.57. The van der Waals surface area contributed by atoms with Crippen molar-refractivity contribution in [2.45, 2.75) is 6.54 Å². The van der Waals surface area contributed by atoms with E-state index in [9.17, 15) is 4.79 Å². The number of rotatable bonds is 6. The van der Waals surface area contributed by atoms with Crippen LogP contribution in [0.1, 0.15) is 16.1 Å². The van der Waals surface area contributed by atoms with Gasteiger partial charge in [0.1, 0.15) is 11.5 Å². The summed E-state index contributed by atoms with van der Waals surface area (Å²) < 4.78 is 11.8. The third-order valence-electron chi connectivity index (χ3n) is 4.08. The van der Waals surface area contributed by atoms with Crippen LogP contribution in [0.15, 0.2) is 71.6 Å². The lowest BCUT2D eigenvalue weighted by atomic mass is 10.2. The molecule has 0 aliphatic carbocycles. The highest BCUT2D eigenvalue weighted by atomic mass is 16.5. The van der Waals surface area contributed by atoms with Crippen LogP contribution in [0.4, 0.5) is 5.95 Å². The molecule has 28 heavy (non-hydrogen) atoms. The number of nitrogens with one attached hydrogen (secondary N) is 1. The number of hydrogen-bond acceptors (Lipinski definition) is 7. The fourth-order valence-corrected chi connectivity index (χ4v) is 2.63. The predicted octanol–water partition coefficient (Wildman–Crippen LogP) is 3.24. The Balaban J connectivity index is 1.69. The minimum atomic E-state index is -0.309. The Morgan fingerprint density at radius 2 is 1.93 bits per heavy atom. The number of methoxy groups -OCH3 is 1. The second kappa shape index (κ2) is 7.75. The maximum absolute atomic E-state index is 12.9.